The third-order valence-corrected chi connectivity index (χ3v) is 5.83. The number of nitrogens with one attached hydrogen (secondary N) is 1. The predicted octanol–water partition coefficient (Wildman–Crippen LogP) is 4.40. The van der Waals surface area contributed by atoms with Gasteiger partial charge in [-0.2, -0.15) is 0 Å². The third-order valence-electron chi connectivity index (χ3n) is 4.89. The van der Waals surface area contributed by atoms with Gasteiger partial charge in [0.1, 0.15) is 0 Å². The van der Waals surface area contributed by atoms with E-state index in [4.69, 9.17) is 4.98 Å². The fourth-order valence-corrected chi connectivity index (χ4v) is 4.23. The summed E-state index contributed by atoms with van der Waals surface area (Å²) in [5, 5.41) is 4.13. The van der Waals surface area contributed by atoms with E-state index in [0.29, 0.717) is 16.1 Å². The summed E-state index contributed by atoms with van der Waals surface area (Å²) in [5.74, 6) is 0.171. The molecule has 1 aromatic heterocycles. The zero-order valence-electron chi connectivity index (χ0n) is 17.4. The lowest BCUT2D eigenvalue weighted by atomic mass is 10.1. The molecule has 0 fully saturated rings. The minimum absolute atomic E-state index is 0.0434. The second kappa shape index (κ2) is 9.27. The summed E-state index contributed by atoms with van der Waals surface area (Å²) in [6, 6.07) is 13.5. The number of aryl methyl sites for hydroxylation is 2. The standard InChI is InChI=1S/C23H27N3O2S/c1-5-17(6-2)24-21(27)14-29-23-25-20-10-8-7-9-19(20)22(28)26(23)18-12-15(3)11-16(4)13-18/h7-13,17H,5-6,14H2,1-4H3,(H,24,27). The third kappa shape index (κ3) is 4.88. The topological polar surface area (TPSA) is 64.0 Å². The van der Waals surface area contributed by atoms with Crippen LogP contribution in [0.4, 0.5) is 0 Å². The fraction of sp³-hybridized carbons (Fsp3) is 0.348. The Morgan fingerprint density at radius 1 is 1.10 bits per heavy atom. The van der Waals surface area contributed by atoms with Crippen LogP contribution in [0.2, 0.25) is 0 Å². The van der Waals surface area contributed by atoms with Gasteiger partial charge in [-0.3, -0.25) is 14.2 Å². The number of thioether (sulfide) groups is 1. The van der Waals surface area contributed by atoms with Crippen molar-refractivity contribution in [2.45, 2.75) is 51.7 Å². The molecule has 5 nitrogen and oxygen atoms in total. The van der Waals surface area contributed by atoms with E-state index >= 15 is 0 Å². The SMILES string of the molecule is CCC(CC)NC(=O)CSc1nc2ccccc2c(=O)n1-c1cc(C)cc(C)c1. The Bertz CT molecular complexity index is 1070. The maximum atomic E-state index is 13.3. The van der Waals surface area contributed by atoms with Crippen molar-refractivity contribution in [1.82, 2.24) is 14.9 Å². The highest BCUT2D eigenvalue weighted by Crippen LogP contribution is 2.22. The van der Waals surface area contributed by atoms with Crippen LogP contribution in [-0.4, -0.2) is 27.3 Å². The number of rotatable bonds is 7. The molecule has 1 heterocycles. The van der Waals surface area contributed by atoms with E-state index in [0.717, 1.165) is 29.7 Å². The summed E-state index contributed by atoms with van der Waals surface area (Å²) in [7, 11) is 0. The van der Waals surface area contributed by atoms with E-state index in [2.05, 4.69) is 25.2 Å². The van der Waals surface area contributed by atoms with Crippen molar-refractivity contribution in [3.63, 3.8) is 0 Å². The first kappa shape index (κ1) is 21.1. The smallest absolute Gasteiger partial charge is 0.266 e. The number of nitrogens with zero attached hydrogens (tertiary/aromatic N) is 2. The van der Waals surface area contributed by atoms with E-state index < -0.39 is 0 Å². The number of benzene rings is 2. The average Bonchev–Trinajstić information content (AvgIpc) is 2.69. The Morgan fingerprint density at radius 3 is 2.41 bits per heavy atom. The fourth-order valence-electron chi connectivity index (χ4n) is 3.41. The van der Waals surface area contributed by atoms with E-state index in [1.54, 1.807) is 10.6 Å². The molecule has 1 N–H and O–H groups in total. The normalized spacial score (nSPS) is 11.2. The molecule has 0 saturated carbocycles. The molecule has 0 radical (unpaired) electrons. The Morgan fingerprint density at radius 2 is 1.76 bits per heavy atom. The zero-order chi connectivity index (χ0) is 21.0. The van der Waals surface area contributed by atoms with Gasteiger partial charge in [-0.15, -0.1) is 0 Å². The molecule has 0 spiro atoms. The Labute approximate surface area is 175 Å². The van der Waals surface area contributed by atoms with Gasteiger partial charge < -0.3 is 5.32 Å². The van der Waals surface area contributed by atoms with Gasteiger partial charge in [0.2, 0.25) is 5.91 Å². The van der Waals surface area contributed by atoms with Crippen molar-refractivity contribution in [2.75, 3.05) is 5.75 Å². The van der Waals surface area contributed by atoms with E-state index in [1.165, 1.54) is 11.8 Å². The number of carbonyl (C=O) groups is 1. The van der Waals surface area contributed by atoms with Gasteiger partial charge in [0.25, 0.3) is 5.56 Å². The predicted molar refractivity (Wildman–Crippen MR) is 120 cm³/mol. The second-order valence-electron chi connectivity index (χ2n) is 7.27. The quantitative estimate of drug-likeness (QED) is 0.464. The molecule has 0 atom stereocenters. The first-order valence-corrected chi connectivity index (χ1v) is 10.9. The number of carbonyl (C=O) groups excluding carboxylic acids is 1. The van der Waals surface area contributed by atoms with Gasteiger partial charge in [0, 0.05) is 6.04 Å². The number of aromatic nitrogens is 2. The average molecular weight is 410 g/mol. The number of fused-ring (bicyclic) bond motifs is 1. The van der Waals surface area contributed by atoms with Crippen LogP contribution in [0.1, 0.15) is 37.8 Å². The van der Waals surface area contributed by atoms with Gasteiger partial charge in [0.15, 0.2) is 5.16 Å². The van der Waals surface area contributed by atoms with Crippen molar-refractivity contribution >= 4 is 28.6 Å². The maximum Gasteiger partial charge on any atom is 0.266 e. The molecule has 2 aromatic carbocycles. The van der Waals surface area contributed by atoms with Crippen LogP contribution in [0, 0.1) is 13.8 Å². The molecule has 0 aliphatic heterocycles. The molecule has 3 rings (SSSR count). The van der Waals surface area contributed by atoms with Crippen molar-refractivity contribution in [3.05, 3.63) is 63.9 Å². The molecule has 3 aromatic rings. The van der Waals surface area contributed by atoms with Crippen LogP contribution in [0.15, 0.2) is 52.4 Å². The Balaban J connectivity index is 2.03. The van der Waals surface area contributed by atoms with Crippen LogP contribution in [0.3, 0.4) is 0 Å². The summed E-state index contributed by atoms with van der Waals surface area (Å²) in [6.45, 7) is 8.13. The first-order chi connectivity index (χ1) is 13.9. The highest BCUT2D eigenvalue weighted by Gasteiger charge is 2.16. The molecule has 0 unspecified atom stereocenters. The molecule has 29 heavy (non-hydrogen) atoms. The van der Waals surface area contributed by atoms with Crippen LogP contribution < -0.4 is 10.9 Å². The lowest BCUT2D eigenvalue weighted by Crippen LogP contribution is -2.35. The molecule has 0 saturated heterocycles. The molecule has 0 bridgehead atoms. The van der Waals surface area contributed by atoms with E-state index in [1.807, 2.05) is 44.2 Å². The van der Waals surface area contributed by atoms with E-state index in [-0.39, 0.29) is 23.3 Å². The summed E-state index contributed by atoms with van der Waals surface area (Å²) in [4.78, 5) is 30.4. The molecule has 0 aliphatic rings. The van der Waals surface area contributed by atoms with Gasteiger partial charge in [-0.05, 0) is 62.1 Å². The monoisotopic (exact) mass is 409 g/mol. The van der Waals surface area contributed by atoms with Crippen LogP contribution in [0.25, 0.3) is 16.6 Å². The first-order valence-electron chi connectivity index (χ1n) is 9.95. The van der Waals surface area contributed by atoms with E-state index in [9.17, 15) is 9.59 Å². The zero-order valence-corrected chi connectivity index (χ0v) is 18.2. The summed E-state index contributed by atoms with van der Waals surface area (Å²) in [5.41, 5.74) is 3.43. The molecule has 0 aliphatic carbocycles. The van der Waals surface area contributed by atoms with Gasteiger partial charge in [-0.1, -0.05) is 43.8 Å². The minimum Gasteiger partial charge on any atom is -0.353 e. The van der Waals surface area contributed by atoms with Crippen molar-refractivity contribution in [3.8, 4) is 5.69 Å². The van der Waals surface area contributed by atoms with Gasteiger partial charge >= 0.3 is 0 Å². The number of hydrogen-bond acceptors (Lipinski definition) is 4. The summed E-state index contributed by atoms with van der Waals surface area (Å²) >= 11 is 1.29. The molecular weight excluding hydrogens is 382 g/mol. The molecule has 152 valence electrons. The lowest BCUT2D eigenvalue weighted by molar-refractivity contribution is -0.119. The van der Waals surface area contributed by atoms with Crippen LogP contribution in [-0.2, 0) is 4.79 Å². The highest BCUT2D eigenvalue weighted by atomic mass is 32.2. The second-order valence-corrected chi connectivity index (χ2v) is 8.21. The Hall–Kier alpha value is -2.60. The number of hydrogen-bond donors (Lipinski definition) is 1. The molecular formula is C23H27N3O2S. The lowest BCUT2D eigenvalue weighted by Gasteiger charge is -2.16. The minimum atomic E-state index is -0.122. The van der Waals surface area contributed by atoms with Crippen molar-refractivity contribution in [2.24, 2.45) is 0 Å². The summed E-state index contributed by atoms with van der Waals surface area (Å²) < 4.78 is 1.62. The van der Waals surface area contributed by atoms with Crippen molar-refractivity contribution < 1.29 is 4.79 Å². The highest BCUT2D eigenvalue weighted by molar-refractivity contribution is 7.99. The Kier molecular flexibility index (Phi) is 6.75. The van der Waals surface area contributed by atoms with Crippen LogP contribution >= 0.6 is 11.8 Å². The summed E-state index contributed by atoms with van der Waals surface area (Å²) in [6.07, 6.45) is 1.79. The molecule has 6 heteroatoms. The van der Waals surface area contributed by atoms with Gasteiger partial charge in [0.05, 0.1) is 22.3 Å². The van der Waals surface area contributed by atoms with Crippen molar-refractivity contribution in [1.29, 1.82) is 0 Å². The number of amides is 1. The van der Waals surface area contributed by atoms with Crippen LogP contribution in [0.5, 0.6) is 0 Å². The number of para-hydroxylation sites is 1. The van der Waals surface area contributed by atoms with Gasteiger partial charge in [-0.25, -0.2) is 4.98 Å². The largest absolute Gasteiger partial charge is 0.353 e. The molecule has 1 amide bonds. The maximum absolute atomic E-state index is 13.3.